The molecule has 3 atom stereocenters. The summed E-state index contributed by atoms with van der Waals surface area (Å²) in [5, 5.41) is 6.42. The summed E-state index contributed by atoms with van der Waals surface area (Å²) >= 11 is 0. The molecule has 0 heterocycles. The quantitative estimate of drug-likeness (QED) is 0.873. The first kappa shape index (κ1) is 14.1. The van der Waals surface area contributed by atoms with Crippen molar-refractivity contribution in [2.45, 2.75) is 57.7 Å². The number of hydrogen-bond acceptors (Lipinski definition) is 2. The van der Waals surface area contributed by atoms with E-state index >= 15 is 0 Å². The van der Waals surface area contributed by atoms with Crippen LogP contribution in [-0.2, 0) is 4.79 Å². The van der Waals surface area contributed by atoms with E-state index in [4.69, 9.17) is 0 Å². The molecule has 104 valence electrons. The van der Waals surface area contributed by atoms with Crippen LogP contribution in [0.3, 0.4) is 0 Å². The molecule has 1 saturated carbocycles. The highest BCUT2D eigenvalue weighted by Gasteiger charge is 2.39. The molecular weight excluding hydrogens is 236 g/mol. The molecule has 1 aliphatic carbocycles. The molecule has 1 aromatic carbocycles. The van der Waals surface area contributed by atoms with Crippen LogP contribution in [-0.4, -0.2) is 23.5 Å². The van der Waals surface area contributed by atoms with Crippen LogP contribution in [0.4, 0.5) is 0 Å². The maximum Gasteiger partial charge on any atom is 0.237 e. The van der Waals surface area contributed by atoms with Gasteiger partial charge in [-0.3, -0.25) is 4.79 Å². The largest absolute Gasteiger partial charge is 0.350 e. The van der Waals surface area contributed by atoms with Gasteiger partial charge in [0.25, 0.3) is 0 Å². The summed E-state index contributed by atoms with van der Waals surface area (Å²) in [4.78, 5) is 12.0. The van der Waals surface area contributed by atoms with Gasteiger partial charge in [-0.15, -0.1) is 0 Å². The summed E-state index contributed by atoms with van der Waals surface area (Å²) in [7, 11) is 0. The van der Waals surface area contributed by atoms with Crippen LogP contribution >= 0.6 is 0 Å². The summed E-state index contributed by atoms with van der Waals surface area (Å²) in [6.45, 7) is 7.94. The van der Waals surface area contributed by atoms with Gasteiger partial charge in [0, 0.05) is 17.5 Å². The molecule has 3 unspecified atom stereocenters. The standard InChI is InChI=1S/C16H24N2O/c1-11(15(19)18-16(2,3)4)17-14-10-13(14)12-8-6-5-7-9-12/h5-9,11,13-14,17H,10H2,1-4H3,(H,18,19). The number of nitrogens with one attached hydrogen (secondary N) is 2. The molecule has 0 radical (unpaired) electrons. The lowest BCUT2D eigenvalue weighted by Gasteiger charge is -2.23. The first-order chi connectivity index (χ1) is 8.87. The lowest BCUT2D eigenvalue weighted by Crippen LogP contribution is -2.50. The third-order valence-corrected chi connectivity index (χ3v) is 3.37. The van der Waals surface area contributed by atoms with E-state index < -0.39 is 0 Å². The Morgan fingerprint density at radius 3 is 2.47 bits per heavy atom. The molecule has 3 heteroatoms. The van der Waals surface area contributed by atoms with E-state index in [9.17, 15) is 4.79 Å². The van der Waals surface area contributed by atoms with Crippen molar-refractivity contribution in [3.8, 4) is 0 Å². The minimum atomic E-state index is -0.171. The summed E-state index contributed by atoms with van der Waals surface area (Å²) in [5.41, 5.74) is 1.19. The van der Waals surface area contributed by atoms with Crippen LogP contribution < -0.4 is 10.6 Å². The molecule has 1 aliphatic rings. The molecule has 0 aromatic heterocycles. The van der Waals surface area contributed by atoms with Crippen molar-refractivity contribution in [2.75, 3.05) is 0 Å². The maximum atomic E-state index is 12.0. The predicted octanol–water partition coefficient (Wildman–Crippen LogP) is 2.44. The fourth-order valence-corrected chi connectivity index (χ4v) is 2.32. The van der Waals surface area contributed by atoms with Crippen LogP contribution in [0.15, 0.2) is 30.3 Å². The van der Waals surface area contributed by atoms with Gasteiger partial charge in [-0.05, 0) is 39.7 Å². The topological polar surface area (TPSA) is 41.1 Å². The van der Waals surface area contributed by atoms with Gasteiger partial charge in [-0.2, -0.15) is 0 Å². The van der Waals surface area contributed by atoms with E-state index in [0.717, 1.165) is 6.42 Å². The fraction of sp³-hybridized carbons (Fsp3) is 0.562. The Hall–Kier alpha value is -1.35. The summed E-state index contributed by atoms with van der Waals surface area (Å²) in [6, 6.07) is 10.8. The monoisotopic (exact) mass is 260 g/mol. The van der Waals surface area contributed by atoms with Gasteiger partial charge in [0.05, 0.1) is 6.04 Å². The van der Waals surface area contributed by atoms with E-state index in [1.54, 1.807) is 0 Å². The van der Waals surface area contributed by atoms with Gasteiger partial charge in [0.2, 0.25) is 5.91 Å². The van der Waals surface area contributed by atoms with E-state index in [1.807, 2.05) is 33.8 Å². The SMILES string of the molecule is CC(NC1CC1c1ccccc1)C(=O)NC(C)(C)C. The molecule has 1 amide bonds. The number of rotatable bonds is 4. The predicted molar refractivity (Wildman–Crippen MR) is 78.1 cm³/mol. The highest BCUT2D eigenvalue weighted by molar-refractivity contribution is 5.82. The molecule has 0 spiro atoms. The first-order valence-corrected chi connectivity index (χ1v) is 7.00. The van der Waals surface area contributed by atoms with E-state index in [0.29, 0.717) is 12.0 Å². The van der Waals surface area contributed by atoms with E-state index in [2.05, 4.69) is 34.9 Å². The zero-order valence-electron chi connectivity index (χ0n) is 12.2. The summed E-state index contributed by atoms with van der Waals surface area (Å²) < 4.78 is 0. The van der Waals surface area contributed by atoms with Crippen LogP contribution in [0.2, 0.25) is 0 Å². The molecule has 3 nitrogen and oxygen atoms in total. The van der Waals surface area contributed by atoms with Crippen molar-refractivity contribution in [2.24, 2.45) is 0 Å². The van der Waals surface area contributed by atoms with Crippen molar-refractivity contribution in [3.05, 3.63) is 35.9 Å². The third kappa shape index (κ3) is 4.06. The summed E-state index contributed by atoms with van der Waals surface area (Å²) in [5.74, 6) is 0.636. The first-order valence-electron chi connectivity index (χ1n) is 7.00. The Kier molecular flexibility index (Phi) is 3.95. The minimum absolute atomic E-state index is 0.0752. The average molecular weight is 260 g/mol. The maximum absolute atomic E-state index is 12.0. The van der Waals surface area contributed by atoms with Crippen LogP contribution in [0.25, 0.3) is 0 Å². The molecule has 0 bridgehead atoms. The minimum Gasteiger partial charge on any atom is -0.350 e. The highest BCUT2D eigenvalue weighted by atomic mass is 16.2. The number of amides is 1. The second-order valence-corrected chi connectivity index (χ2v) is 6.49. The van der Waals surface area contributed by atoms with E-state index in [-0.39, 0.29) is 17.5 Å². The zero-order chi connectivity index (χ0) is 14.0. The van der Waals surface area contributed by atoms with Gasteiger partial charge in [0.1, 0.15) is 0 Å². The van der Waals surface area contributed by atoms with Gasteiger partial charge in [0.15, 0.2) is 0 Å². The number of carbonyl (C=O) groups excluding carboxylic acids is 1. The van der Waals surface area contributed by atoms with Gasteiger partial charge >= 0.3 is 0 Å². The van der Waals surface area contributed by atoms with Crippen molar-refractivity contribution in [3.63, 3.8) is 0 Å². The number of benzene rings is 1. The number of carbonyl (C=O) groups is 1. The highest BCUT2D eigenvalue weighted by Crippen LogP contribution is 2.40. The van der Waals surface area contributed by atoms with Gasteiger partial charge < -0.3 is 10.6 Å². The lowest BCUT2D eigenvalue weighted by atomic mass is 10.1. The normalized spacial score (nSPS) is 23.8. The molecular formula is C16H24N2O. The molecule has 0 aliphatic heterocycles. The summed E-state index contributed by atoms with van der Waals surface area (Å²) in [6.07, 6.45) is 1.12. The average Bonchev–Trinajstić information content (AvgIpc) is 3.07. The molecule has 1 aromatic rings. The molecule has 2 rings (SSSR count). The molecule has 1 fully saturated rings. The van der Waals surface area contributed by atoms with Crippen molar-refractivity contribution in [1.29, 1.82) is 0 Å². The Labute approximate surface area is 115 Å². The Morgan fingerprint density at radius 1 is 1.26 bits per heavy atom. The van der Waals surface area contributed by atoms with Crippen molar-refractivity contribution >= 4 is 5.91 Å². The second-order valence-electron chi connectivity index (χ2n) is 6.49. The van der Waals surface area contributed by atoms with E-state index in [1.165, 1.54) is 5.56 Å². The molecule has 2 N–H and O–H groups in total. The molecule has 0 saturated heterocycles. The lowest BCUT2D eigenvalue weighted by molar-refractivity contribution is -0.124. The molecule has 19 heavy (non-hydrogen) atoms. The van der Waals surface area contributed by atoms with Crippen LogP contribution in [0.1, 0.15) is 45.6 Å². The number of hydrogen-bond donors (Lipinski definition) is 2. The fourth-order valence-electron chi connectivity index (χ4n) is 2.32. The van der Waals surface area contributed by atoms with Crippen molar-refractivity contribution in [1.82, 2.24) is 10.6 Å². The Bertz CT molecular complexity index is 436. The second kappa shape index (κ2) is 5.33. The third-order valence-electron chi connectivity index (χ3n) is 3.37. The van der Waals surface area contributed by atoms with Gasteiger partial charge in [-0.25, -0.2) is 0 Å². The Morgan fingerprint density at radius 2 is 1.89 bits per heavy atom. The van der Waals surface area contributed by atoms with Gasteiger partial charge in [-0.1, -0.05) is 30.3 Å². The van der Waals surface area contributed by atoms with Crippen molar-refractivity contribution < 1.29 is 4.79 Å². The Balaban J connectivity index is 1.82. The zero-order valence-corrected chi connectivity index (χ0v) is 12.2. The van der Waals surface area contributed by atoms with Crippen LogP contribution in [0.5, 0.6) is 0 Å². The smallest absolute Gasteiger partial charge is 0.237 e. The van der Waals surface area contributed by atoms with Crippen LogP contribution in [0, 0.1) is 0 Å².